The van der Waals surface area contributed by atoms with Crippen molar-refractivity contribution < 1.29 is 66.4 Å². The minimum atomic E-state index is -4.90. The van der Waals surface area contributed by atoms with Crippen LogP contribution in [0.2, 0.25) is 0 Å². The molecule has 0 aromatic rings. The molecule has 16 heteroatoms. The molecule has 29 heavy (non-hydrogen) atoms. The van der Waals surface area contributed by atoms with Gasteiger partial charge in [0.15, 0.2) is 18.7 Å². The highest BCUT2D eigenvalue weighted by molar-refractivity contribution is 7.80. The SMILES string of the molecule is CO[C@@H]1OC(C(=O)O)[C@@H](O[C@H]2OC(COS(=O)(=O)O)[C@@H](O)[C@H](O)C2N)[C@H](O)C1O. The Kier molecular flexibility index (Phi) is 7.87. The van der Waals surface area contributed by atoms with Crippen LogP contribution in [0, 0.1) is 0 Å². The predicted octanol–water partition coefficient (Wildman–Crippen LogP) is -4.86. The second-order valence-corrected chi connectivity index (χ2v) is 7.49. The molecule has 0 radical (unpaired) electrons. The Labute approximate surface area is 164 Å². The summed E-state index contributed by atoms with van der Waals surface area (Å²) in [6.07, 6.45) is -15.4. The topological polar surface area (TPSA) is 245 Å². The molecule has 2 rings (SSSR count). The van der Waals surface area contributed by atoms with Crippen LogP contribution < -0.4 is 5.73 Å². The van der Waals surface area contributed by atoms with Crippen LogP contribution in [0.25, 0.3) is 0 Å². The van der Waals surface area contributed by atoms with E-state index in [9.17, 15) is 38.7 Å². The minimum Gasteiger partial charge on any atom is -0.479 e. The predicted molar refractivity (Wildman–Crippen MR) is 86.3 cm³/mol. The second-order valence-electron chi connectivity index (χ2n) is 6.39. The average Bonchev–Trinajstić information content (AvgIpc) is 2.63. The van der Waals surface area contributed by atoms with E-state index in [4.69, 9.17) is 29.2 Å². The number of hydrogen-bond donors (Lipinski definition) is 7. The fourth-order valence-electron chi connectivity index (χ4n) is 2.90. The van der Waals surface area contributed by atoms with Crippen molar-refractivity contribution in [3.05, 3.63) is 0 Å². The highest BCUT2D eigenvalue weighted by Gasteiger charge is 2.52. The Balaban J connectivity index is 2.19. The van der Waals surface area contributed by atoms with Crippen molar-refractivity contribution in [2.24, 2.45) is 5.73 Å². The number of rotatable bonds is 7. The zero-order chi connectivity index (χ0) is 22.1. The van der Waals surface area contributed by atoms with E-state index in [0.717, 1.165) is 7.11 Å². The van der Waals surface area contributed by atoms with Gasteiger partial charge in [-0.15, -0.1) is 0 Å². The van der Waals surface area contributed by atoms with Gasteiger partial charge in [0.25, 0.3) is 0 Å². The van der Waals surface area contributed by atoms with Gasteiger partial charge in [0.1, 0.15) is 36.6 Å². The van der Waals surface area contributed by atoms with Gasteiger partial charge in [-0.3, -0.25) is 4.55 Å². The number of methoxy groups -OCH3 is 1. The third-order valence-corrected chi connectivity index (χ3v) is 4.87. The highest BCUT2D eigenvalue weighted by Crippen LogP contribution is 2.29. The van der Waals surface area contributed by atoms with Crippen molar-refractivity contribution in [1.29, 1.82) is 0 Å². The summed E-state index contributed by atoms with van der Waals surface area (Å²) in [5.41, 5.74) is 5.70. The third kappa shape index (κ3) is 5.57. The third-order valence-electron chi connectivity index (χ3n) is 4.44. The maximum atomic E-state index is 11.5. The molecule has 170 valence electrons. The van der Waals surface area contributed by atoms with Crippen molar-refractivity contribution >= 4 is 16.4 Å². The number of aliphatic hydroxyl groups excluding tert-OH is 4. The quantitative estimate of drug-likeness (QED) is 0.180. The number of carboxylic acids is 1. The van der Waals surface area contributed by atoms with Crippen LogP contribution >= 0.6 is 0 Å². The Bertz CT molecular complexity index is 674. The van der Waals surface area contributed by atoms with Crippen LogP contribution in [-0.2, 0) is 38.3 Å². The molecule has 15 nitrogen and oxygen atoms in total. The number of nitrogens with two attached hydrogens (primary N) is 1. The number of ether oxygens (including phenoxy) is 4. The summed E-state index contributed by atoms with van der Waals surface area (Å²) in [6.45, 7) is -0.940. The average molecular weight is 449 g/mol. The fraction of sp³-hybridized carbons (Fsp3) is 0.923. The fourth-order valence-corrected chi connectivity index (χ4v) is 3.21. The highest BCUT2D eigenvalue weighted by atomic mass is 32.3. The molecular formula is C13H23NO14S. The van der Waals surface area contributed by atoms with Gasteiger partial charge in [-0.25, -0.2) is 8.98 Å². The molecular weight excluding hydrogens is 426 g/mol. The Morgan fingerprint density at radius 2 is 1.66 bits per heavy atom. The summed E-state index contributed by atoms with van der Waals surface area (Å²) >= 11 is 0. The molecule has 0 bridgehead atoms. The zero-order valence-corrected chi connectivity index (χ0v) is 15.7. The lowest BCUT2D eigenvalue weighted by molar-refractivity contribution is -0.336. The van der Waals surface area contributed by atoms with Gasteiger partial charge >= 0.3 is 16.4 Å². The van der Waals surface area contributed by atoms with Crippen LogP contribution in [0.5, 0.6) is 0 Å². The Hall–Kier alpha value is -1.02. The van der Waals surface area contributed by atoms with E-state index >= 15 is 0 Å². The lowest BCUT2D eigenvalue weighted by Gasteiger charge is -2.45. The largest absolute Gasteiger partial charge is 0.479 e. The van der Waals surface area contributed by atoms with E-state index in [2.05, 4.69) is 4.18 Å². The summed E-state index contributed by atoms with van der Waals surface area (Å²) in [4.78, 5) is 11.5. The molecule has 2 aliphatic heterocycles. The monoisotopic (exact) mass is 449 g/mol. The van der Waals surface area contributed by atoms with Crippen molar-refractivity contribution in [1.82, 2.24) is 0 Å². The summed E-state index contributed by atoms with van der Waals surface area (Å²) < 4.78 is 54.4. The molecule has 0 aliphatic carbocycles. The molecule has 2 heterocycles. The number of hydrogen-bond acceptors (Lipinski definition) is 13. The van der Waals surface area contributed by atoms with E-state index in [1.807, 2.05) is 0 Å². The summed E-state index contributed by atoms with van der Waals surface area (Å²) in [7, 11) is -3.79. The van der Waals surface area contributed by atoms with Crippen LogP contribution in [0.15, 0.2) is 0 Å². The smallest absolute Gasteiger partial charge is 0.397 e. The lowest BCUT2D eigenvalue weighted by Crippen LogP contribution is -2.67. The van der Waals surface area contributed by atoms with E-state index in [0.29, 0.717) is 0 Å². The van der Waals surface area contributed by atoms with E-state index in [1.54, 1.807) is 0 Å². The molecule has 8 N–H and O–H groups in total. The van der Waals surface area contributed by atoms with E-state index < -0.39 is 84.3 Å². The Morgan fingerprint density at radius 3 is 2.17 bits per heavy atom. The van der Waals surface area contributed by atoms with E-state index in [-0.39, 0.29) is 0 Å². The molecule has 0 aromatic carbocycles. The first-order chi connectivity index (χ1) is 13.4. The molecule has 0 amide bonds. The lowest BCUT2D eigenvalue weighted by atomic mass is 9.96. The van der Waals surface area contributed by atoms with Crippen molar-refractivity contribution in [3.63, 3.8) is 0 Å². The molecule has 0 saturated carbocycles. The maximum absolute atomic E-state index is 11.5. The van der Waals surface area contributed by atoms with Crippen molar-refractivity contribution in [2.45, 2.75) is 61.3 Å². The standard InChI is InChI=1S/C13H23NO14S/c1-24-13-8(18)7(17)9(10(28-13)11(19)20)27-12-4(14)6(16)5(15)3(26-12)2-25-29(21,22)23/h3-10,12-13,15-18H,2,14H2,1H3,(H,19,20)(H,21,22,23)/t3?,4?,5-,6-,7-,8?,9+,10?,12-,13-/m1/s1. The Morgan fingerprint density at radius 1 is 1.03 bits per heavy atom. The normalized spacial score (nSPS) is 43.8. The summed E-state index contributed by atoms with van der Waals surface area (Å²) in [5.74, 6) is -1.58. The van der Waals surface area contributed by atoms with Gasteiger partial charge in [-0.05, 0) is 0 Å². The van der Waals surface area contributed by atoms with Gasteiger partial charge in [-0.2, -0.15) is 8.42 Å². The van der Waals surface area contributed by atoms with E-state index in [1.165, 1.54) is 0 Å². The van der Waals surface area contributed by atoms with Crippen LogP contribution in [0.3, 0.4) is 0 Å². The van der Waals surface area contributed by atoms with Crippen LogP contribution in [0.1, 0.15) is 0 Å². The van der Waals surface area contributed by atoms with Crippen molar-refractivity contribution in [2.75, 3.05) is 13.7 Å². The van der Waals surface area contributed by atoms with Crippen molar-refractivity contribution in [3.8, 4) is 0 Å². The number of aliphatic carboxylic acids is 1. The van der Waals surface area contributed by atoms with Gasteiger partial charge in [-0.1, -0.05) is 0 Å². The number of carbonyl (C=O) groups is 1. The van der Waals surface area contributed by atoms with Gasteiger partial charge < -0.3 is 50.2 Å². The molecule has 4 unspecified atom stereocenters. The molecule has 0 spiro atoms. The molecule has 2 aliphatic rings. The minimum absolute atomic E-state index is 0.940. The van der Waals surface area contributed by atoms with Gasteiger partial charge in [0.2, 0.25) is 0 Å². The van der Waals surface area contributed by atoms with Crippen LogP contribution in [0.4, 0.5) is 0 Å². The molecule has 10 atom stereocenters. The zero-order valence-electron chi connectivity index (χ0n) is 14.9. The summed E-state index contributed by atoms with van der Waals surface area (Å²) in [5, 5.41) is 49.5. The maximum Gasteiger partial charge on any atom is 0.397 e. The number of carboxylic acid groups (broad SMARTS) is 1. The van der Waals surface area contributed by atoms with Crippen LogP contribution in [-0.4, -0.2) is 120 Å². The number of aliphatic hydroxyl groups is 4. The first-order valence-corrected chi connectivity index (χ1v) is 9.55. The molecule has 0 aromatic heterocycles. The summed E-state index contributed by atoms with van der Waals surface area (Å²) in [6, 6.07) is -1.48. The second kappa shape index (κ2) is 9.41. The van der Waals surface area contributed by atoms with Gasteiger partial charge in [0, 0.05) is 7.11 Å². The van der Waals surface area contributed by atoms with Gasteiger partial charge in [0.05, 0.1) is 12.6 Å². The molecule has 2 saturated heterocycles. The molecule has 2 fully saturated rings. The first kappa shape index (κ1) is 24.3. The first-order valence-electron chi connectivity index (χ1n) is 8.19.